The lowest BCUT2D eigenvalue weighted by Crippen LogP contribution is -2.38. The minimum Gasteiger partial charge on any atom is -0.464 e. The molecule has 0 spiro atoms. The first kappa shape index (κ1) is 14.0. The van der Waals surface area contributed by atoms with Gasteiger partial charge in [-0.2, -0.15) is 0 Å². The van der Waals surface area contributed by atoms with E-state index in [2.05, 4.69) is 44.9 Å². The Morgan fingerprint density at radius 3 is 3.18 bits per heavy atom. The standard InChI is InChI=1S/C16H19N3O2S/c1-2-13-3-4-15(21-13)14-11-20-7-5-18(14)9-12-10-19-6-8-22-16(19)17-12/h3-4,6,8,10,14H,2,5,7,9,11H2,1H3/t14-/m1/s1. The van der Waals surface area contributed by atoms with E-state index >= 15 is 0 Å². The van der Waals surface area contributed by atoms with Crippen molar-refractivity contribution in [2.75, 3.05) is 19.8 Å². The highest BCUT2D eigenvalue weighted by Gasteiger charge is 2.27. The highest BCUT2D eigenvalue weighted by atomic mass is 32.1. The third kappa shape index (κ3) is 2.58. The number of fused-ring (bicyclic) bond motifs is 1. The van der Waals surface area contributed by atoms with Gasteiger partial charge >= 0.3 is 0 Å². The first-order chi connectivity index (χ1) is 10.8. The average molecular weight is 317 g/mol. The molecule has 0 amide bonds. The van der Waals surface area contributed by atoms with E-state index in [0.29, 0.717) is 6.61 Å². The molecule has 1 saturated heterocycles. The van der Waals surface area contributed by atoms with E-state index < -0.39 is 0 Å². The molecule has 0 saturated carbocycles. The van der Waals surface area contributed by atoms with Crippen molar-refractivity contribution >= 4 is 16.3 Å². The van der Waals surface area contributed by atoms with Crippen LogP contribution in [0.2, 0.25) is 0 Å². The molecule has 0 N–H and O–H groups in total. The lowest BCUT2D eigenvalue weighted by molar-refractivity contribution is -0.0210. The summed E-state index contributed by atoms with van der Waals surface area (Å²) in [4.78, 5) is 8.13. The molecular formula is C16H19N3O2S. The Morgan fingerprint density at radius 1 is 1.41 bits per heavy atom. The van der Waals surface area contributed by atoms with Crippen LogP contribution >= 0.6 is 11.3 Å². The molecule has 0 radical (unpaired) electrons. The number of rotatable bonds is 4. The molecule has 116 valence electrons. The van der Waals surface area contributed by atoms with Crippen molar-refractivity contribution in [1.29, 1.82) is 0 Å². The van der Waals surface area contributed by atoms with E-state index in [1.54, 1.807) is 11.3 Å². The number of imidazole rings is 1. The zero-order valence-electron chi connectivity index (χ0n) is 12.6. The summed E-state index contributed by atoms with van der Waals surface area (Å²) in [5, 5.41) is 2.05. The Kier molecular flexibility index (Phi) is 3.73. The van der Waals surface area contributed by atoms with Gasteiger partial charge in [0.05, 0.1) is 24.9 Å². The van der Waals surface area contributed by atoms with Crippen molar-refractivity contribution in [2.24, 2.45) is 0 Å². The van der Waals surface area contributed by atoms with Gasteiger partial charge in [0.2, 0.25) is 0 Å². The smallest absolute Gasteiger partial charge is 0.193 e. The van der Waals surface area contributed by atoms with Crippen LogP contribution in [0.25, 0.3) is 4.96 Å². The number of morpholine rings is 1. The average Bonchev–Trinajstić information content (AvgIpc) is 3.22. The number of aryl methyl sites for hydroxylation is 1. The van der Waals surface area contributed by atoms with Crippen molar-refractivity contribution in [3.05, 3.63) is 47.1 Å². The van der Waals surface area contributed by atoms with Crippen molar-refractivity contribution in [3.63, 3.8) is 0 Å². The van der Waals surface area contributed by atoms with Crippen LogP contribution in [-0.4, -0.2) is 34.0 Å². The van der Waals surface area contributed by atoms with Crippen molar-refractivity contribution in [1.82, 2.24) is 14.3 Å². The summed E-state index contributed by atoms with van der Waals surface area (Å²) in [6, 6.07) is 4.32. The van der Waals surface area contributed by atoms with E-state index in [0.717, 1.165) is 48.3 Å². The number of nitrogens with zero attached hydrogens (tertiary/aromatic N) is 3. The number of ether oxygens (including phenoxy) is 1. The molecule has 0 unspecified atom stereocenters. The Hall–Kier alpha value is -1.63. The van der Waals surface area contributed by atoms with Gasteiger partial charge in [0.25, 0.3) is 0 Å². The number of furan rings is 1. The molecule has 22 heavy (non-hydrogen) atoms. The first-order valence-corrected chi connectivity index (χ1v) is 8.53. The van der Waals surface area contributed by atoms with Crippen molar-refractivity contribution in [2.45, 2.75) is 25.9 Å². The highest BCUT2D eigenvalue weighted by Crippen LogP contribution is 2.27. The topological polar surface area (TPSA) is 42.9 Å². The molecule has 1 aliphatic rings. The first-order valence-electron chi connectivity index (χ1n) is 7.65. The van der Waals surface area contributed by atoms with E-state index in [1.165, 1.54) is 0 Å². The van der Waals surface area contributed by atoms with E-state index in [4.69, 9.17) is 9.15 Å². The molecule has 1 aliphatic heterocycles. The zero-order valence-corrected chi connectivity index (χ0v) is 13.4. The highest BCUT2D eigenvalue weighted by molar-refractivity contribution is 7.15. The quantitative estimate of drug-likeness (QED) is 0.741. The maximum absolute atomic E-state index is 5.94. The normalized spacial score (nSPS) is 20.0. The van der Waals surface area contributed by atoms with Crippen LogP contribution < -0.4 is 0 Å². The molecule has 1 atom stereocenters. The summed E-state index contributed by atoms with van der Waals surface area (Å²) in [5.74, 6) is 2.03. The number of thiazole rings is 1. The van der Waals surface area contributed by atoms with Gasteiger partial charge in [-0.25, -0.2) is 4.98 Å². The Labute approximate surface area is 133 Å². The van der Waals surface area contributed by atoms with E-state index in [1.807, 2.05) is 6.20 Å². The van der Waals surface area contributed by atoms with Crippen molar-refractivity contribution in [3.8, 4) is 0 Å². The largest absolute Gasteiger partial charge is 0.464 e. The van der Waals surface area contributed by atoms with E-state index in [-0.39, 0.29) is 6.04 Å². The van der Waals surface area contributed by atoms with Crippen LogP contribution in [0.15, 0.2) is 34.3 Å². The van der Waals surface area contributed by atoms with Crippen LogP contribution in [0.4, 0.5) is 0 Å². The molecule has 4 heterocycles. The lowest BCUT2D eigenvalue weighted by atomic mass is 10.1. The van der Waals surface area contributed by atoms with Gasteiger partial charge < -0.3 is 9.15 Å². The summed E-state index contributed by atoms with van der Waals surface area (Å²) in [6.45, 7) is 5.27. The maximum atomic E-state index is 5.94. The molecule has 0 aromatic carbocycles. The Bertz CT molecular complexity index is 732. The lowest BCUT2D eigenvalue weighted by Gasteiger charge is -2.33. The van der Waals surface area contributed by atoms with Crippen LogP contribution in [0, 0.1) is 0 Å². The summed E-state index contributed by atoms with van der Waals surface area (Å²) in [6.07, 6.45) is 5.08. The molecule has 0 aliphatic carbocycles. The molecule has 6 heteroatoms. The molecule has 1 fully saturated rings. The molecule has 5 nitrogen and oxygen atoms in total. The third-order valence-electron chi connectivity index (χ3n) is 4.11. The van der Waals surface area contributed by atoms with Gasteiger partial charge in [-0.15, -0.1) is 11.3 Å². The molecule has 3 aromatic rings. The monoisotopic (exact) mass is 317 g/mol. The van der Waals surface area contributed by atoms with Crippen LogP contribution in [0.3, 0.4) is 0 Å². The summed E-state index contributed by atoms with van der Waals surface area (Å²) >= 11 is 1.66. The number of hydrogen-bond acceptors (Lipinski definition) is 5. The van der Waals surface area contributed by atoms with Gasteiger partial charge in [0.15, 0.2) is 4.96 Å². The molecule has 4 rings (SSSR count). The number of hydrogen-bond donors (Lipinski definition) is 0. The second kappa shape index (κ2) is 5.87. The molecule has 0 bridgehead atoms. The Balaban J connectivity index is 1.56. The zero-order chi connectivity index (χ0) is 14.9. The summed E-state index contributed by atoms with van der Waals surface area (Å²) in [7, 11) is 0. The summed E-state index contributed by atoms with van der Waals surface area (Å²) in [5.41, 5.74) is 1.10. The fourth-order valence-corrected chi connectivity index (χ4v) is 3.63. The minimum absolute atomic E-state index is 0.175. The second-order valence-electron chi connectivity index (χ2n) is 5.54. The van der Waals surface area contributed by atoms with Gasteiger partial charge in [-0.3, -0.25) is 9.30 Å². The molecule has 3 aromatic heterocycles. The fourth-order valence-electron chi connectivity index (χ4n) is 2.91. The van der Waals surface area contributed by atoms with Gasteiger partial charge in [0, 0.05) is 37.3 Å². The second-order valence-corrected chi connectivity index (χ2v) is 6.42. The third-order valence-corrected chi connectivity index (χ3v) is 4.88. The molecular weight excluding hydrogens is 298 g/mol. The van der Waals surface area contributed by atoms with E-state index in [9.17, 15) is 0 Å². The van der Waals surface area contributed by atoms with Crippen molar-refractivity contribution < 1.29 is 9.15 Å². The van der Waals surface area contributed by atoms with Gasteiger partial charge in [0.1, 0.15) is 11.5 Å². The minimum atomic E-state index is 0.175. The van der Waals surface area contributed by atoms with Gasteiger partial charge in [-0.05, 0) is 12.1 Å². The maximum Gasteiger partial charge on any atom is 0.193 e. The fraction of sp³-hybridized carbons (Fsp3) is 0.438. The van der Waals surface area contributed by atoms with Crippen LogP contribution in [-0.2, 0) is 17.7 Å². The Morgan fingerprint density at radius 2 is 2.36 bits per heavy atom. The SMILES string of the molecule is CCc1ccc([C@H]2COCCN2Cc2cn3ccsc3n2)o1. The van der Waals surface area contributed by atoms with Gasteiger partial charge in [-0.1, -0.05) is 6.92 Å². The van der Waals surface area contributed by atoms with Crippen LogP contribution in [0.5, 0.6) is 0 Å². The predicted octanol–water partition coefficient (Wildman–Crippen LogP) is 3.12. The number of aromatic nitrogens is 2. The summed E-state index contributed by atoms with van der Waals surface area (Å²) < 4.78 is 13.7. The predicted molar refractivity (Wildman–Crippen MR) is 85.1 cm³/mol. The van der Waals surface area contributed by atoms with Crippen LogP contribution in [0.1, 0.15) is 30.2 Å².